The van der Waals surface area contributed by atoms with E-state index in [9.17, 15) is 0 Å². The lowest BCUT2D eigenvalue weighted by Crippen LogP contribution is -2.19. The van der Waals surface area contributed by atoms with Crippen LogP contribution in [0.25, 0.3) is 11.3 Å². The number of aryl methyl sites for hydroxylation is 1. The van der Waals surface area contributed by atoms with Gasteiger partial charge in [0.2, 0.25) is 0 Å². The quantitative estimate of drug-likeness (QED) is 0.566. The number of nitrogens with zero attached hydrogens (tertiary/aromatic N) is 3. The van der Waals surface area contributed by atoms with Gasteiger partial charge in [-0.3, -0.25) is 4.68 Å². The number of rotatable bonds is 8. The number of ether oxygens (including phenoxy) is 1. The average molecular weight is 349 g/mol. The Bertz CT molecular complexity index is 809. The van der Waals surface area contributed by atoms with E-state index in [1.54, 1.807) is 0 Å². The van der Waals surface area contributed by atoms with Crippen molar-refractivity contribution in [1.29, 1.82) is 0 Å². The largest absolute Gasteiger partial charge is 0.457 e. The molecule has 136 valence electrons. The molecule has 0 spiro atoms. The average Bonchev–Trinajstić information content (AvgIpc) is 3.02. The van der Waals surface area contributed by atoms with Crippen molar-refractivity contribution in [2.24, 2.45) is 7.05 Å². The summed E-state index contributed by atoms with van der Waals surface area (Å²) >= 11 is 0. The van der Waals surface area contributed by atoms with Crippen LogP contribution in [0.2, 0.25) is 0 Å². The first-order chi connectivity index (χ1) is 12.7. The van der Waals surface area contributed by atoms with Crippen LogP contribution in [0.4, 0.5) is 0 Å². The van der Waals surface area contributed by atoms with E-state index >= 15 is 0 Å². The predicted octanol–water partition coefficient (Wildman–Crippen LogP) is 5.11. The van der Waals surface area contributed by atoms with Crippen molar-refractivity contribution < 1.29 is 4.74 Å². The number of hydrogen-bond donors (Lipinski definition) is 0. The Morgan fingerprint density at radius 2 is 1.69 bits per heavy atom. The Labute approximate surface area is 156 Å². The predicted molar refractivity (Wildman–Crippen MR) is 106 cm³/mol. The summed E-state index contributed by atoms with van der Waals surface area (Å²) in [6.45, 7) is 4.24. The fraction of sp³-hybridized carbons (Fsp3) is 0.318. The van der Waals surface area contributed by atoms with Gasteiger partial charge in [0.1, 0.15) is 11.5 Å². The Balaban J connectivity index is 1.75. The highest BCUT2D eigenvalue weighted by atomic mass is 16.5. The van der Waals surface area contributed by atoms with Crippen LogP contribution < -0.4 is 4.74 Å². The molecular formula is C22H27N3O. The van der Waals surface area contributed by atoms with E-state index in [0.717, 1.165) is 30.2 Å². The Morgan fingerprint density at radius 1 is 1.00 bits per heavy atom. The zero-order valence-corrected chi connectivity index (χ0v) is 15.9. The Hall–Kier alpha value is -2.59. The van der Waals surface area contributed by atoms with Crippen LogP contribution in [0.5, 0.6) is 11.5 Å². The van der Waals surface area contributed by atoms with Crippen LogP contribution in [-0.4, -0.2) is 28.3 Å². The van der Waals surface area contributed by atoms with Crippen molar-refractivity contribution in [3.8, 4) is 22.8 Å². The smallest absolute Gasteiger partial charge is 0.127 e. The first kappa shape index (κ1) is 18.2. The van der Waals surface area contributed by atoms with Crippen LogP contribution >= 0.6 is 0 Å². The zero-order chi connectivity index (χ0) is 18.4. The maximum Gasteiger partial charge on any atom is 0.127 e. The van der Waals surface area contributed by atoms with E-state index in [-0.39, 0.29) is 0 Å². The molecule has 0 fully saturated rings. The van der Waals surface area contributed by atoms with Crippen LogP contribution in [-0.2, 0) is 13.6 Å². The fourth-order valence-corrected chi connectivity index (χ4v) is 3.07. The second-order valence-corrected chi connectivity index (χ2v) is 6.67. The van der Waals surface area contributed by atoms with Crippen molar-refractivity contribution in [3.05, 3.63) is 66.4 Å². The molecule has 0 atom stereocenters. The standard InChI is InChI=1S/C22H27N3O/c1-4-5-15-24(2)17-19-16-23-25(3)22(19)18-11-13-21(14-12-18)26-20-9-7-6-8-10-20/h6-14,16H,4-5,15,17H2,1-3H3. The van der Waals surface area contributed by atoms with E-state index in [0.29, 0.717) is 0 Å². The molecule has 26 heavy (non-hydrogen) atoms. The van der Waals surface area contributed by atoms with E-state index in [2.05, 4.69) is 36.1 Å². The van der Waals surface area contributed by atoms with Crippen LogP contribution in [0.3, 0.4) is 0 Å². The molecule has 3 aromatic rings. The molecule has 4 heteroatoms. The first-order valence-electron chi connectivity index (χ1n) is 9.20. The lowest BCUT2D eigenvalue weighted by Gasteiger charge is -2.16. The summed E-state index contributed by atoms with van der Waals surface area (Å²) in [6.07, 6.45) is 4.41. The third-order valence-electron chi connectivity index (χ3n) is 4.45. The van der Waals surface area contributed by atoms with Gasteiger partial charge in [-0.05, 0) is 56.4 Å². The number of unbranched alkanes of at least 4 members (excludes halogenated alkanes) is 1. The number of benzene rings is 2. The Morgan fingerprint density at radius 3 is 2.38 bits per heavy atom. The molecule has 0 aliphatic heterocycles. The van der Waals surface area contributed by atoms with Gasteiger partial charge in [0.05, 0.1) is 11.9 Å². The van der Waals surface area contributed by atoms with Gasteiger partial charge >= 0.3 is 0 Å². The highest BCUT2D eigenvalue weighted by molar-refractivity contribution is 5.64. The number of hydrogen-bond acceptors (Lipinski definition) is 3. The maximum atomic E-state index is 5.89. The Kier molecular flexibility index (Phi) is 6.08. The van der Waals surface area contributed by atoms with Crippen molar-refractivity contribution in [1.82, 2.24) is 14.7 Å². The van der Waals surface area contributed by atoms with Gasteiger partial charge in [-0.25, -0.2) is 0 Å². The molecule has 0 saturated carbocycles. The molecule has 0 aliphatic rings. The summed E-state index contributed by atoms with van der Waals surface area (Å²) < 4.78 is 7.84. The van der Waals surface area contributed by atoms with Gasteiger partial charge < -0.3 is 9.64 Å². The van der Waals surface area contributed by atoms with Gasteiger partial charge in [0, 0.05) is 24.7 Å². The zero-order valence-electron chi connectivity index (χ0n) is 15.9. The van der Waals surface area contributed by atoms with Crippen LogP contribution in [0.15, 0.2) is 60.8 Å². The number of para-hydroxylation sites is 1. The minimum atomic E-state index is 0.837. The van der Waals surface area contributed by atoms with E-state index in [1.165, 1.54) is 24.1 Å². The van der Waals surface area contributed by atoms with E-state index < -0.39 is 0 Å². The molecule has 4 nitrogen and oxygen atoms in total. The molecule has 0 aliphatic carbocycles. The topological polar surface area (TPSA) is 30.3 Å². The van der Waals surface area contributed by atoms with Gasteiger partial charge in [0.25, 0.3) is 0 Å². The summed E-state index contributed by atoms with van der Waals surface area (Å²) in [5.74, 6) is 1.68. The van der Waals surface area contributed by atoms with Gasteiger partial charge in [-0.1, -0.05) is 31.5 Å². The maximum absolute atomic E-state index is 5.89. The van der Waals surface area contributed by atoms with Crippen molar-refractivity contribution in [2.75, 3.05) is 13.6 Å². The number of aromatic nitrogens is 2. The normalized spacial score (nSPS) is 11.1. The molecule has 0 N–H and O–H groups in total. The molecule has 3 rings (SSSR count). The van der Waals surface area contributed by atoms with Gasteiger partial charge in [0.15, 0.2) is 0 Å². The highest BCUT2D eigenvalue weighted by Crippen LogP contribution is 2.28. The van der Waals surface area contributed by atoms with Crippen molar-refractivity contribution in [3.63, 3.8) is 0 Å². The molecule has 0 amide bonds. The lowest BCUT2D eigenvalue weighted by atomic mass is 10.1. The highest BCUT2D eigenvalue weighted by Gasteiger charge is 2.13. The molecule has 0 bridgehead atoms. The molecule has 0 radical (unpaired) electrons. The molecule has 1 heterocycles. The van der Waals surface area contributed by atoms with Gasteiger partial charge in [-0.15, -0.1) is 0 Å². The van der Waals surface area contributed by atoms with E-state index in [4.69, 9.17) is 4.74 Å². The second-order valence-electron chi connectivity index (χ2n) is 6.67. The monoisotopic (exact) mass is 349 g/mol. The summed E-state index contributed by atoms with van der Waals surface area (Å²) in [4.78, 5) is 2.36. The van der Waals surface area contributed by atoms with Gasteiger partial charge in [-0.2, -0.15) is 5.10 Å². The molecule has 2 aromatic carbocycles. The SMILES string of the molecule is CCCCN(C)Cc1cnn(C)c1-c1ccc(Oc2ccccc2)cc1. The summed E-state index contributed by atoms with van der Waals surface area (Å²) in [5, 5.41) is 4.48. The minimum Gasteiger partial charge on any atom is -0.457 e. The van der Waals surface area contributed by atoms with Crippen LogP contribution in [0, 0.1) is 0 Å². The second kappa shape index (κ2) is 8.68. The molecule has 0 unspecified atom stereocenters. The van der Waals surface area contributed by atoms with E-state index in [1.807, 2.05) is 60.4 Å². The summed E-state index contributed by atoms with van der Waals surface area (Å²) in [7, 11) is 4.17. The lowest BCUT2D eigenvalue weighted by molar-refractivity contribution is 0.321. The van der Waals surface area contributed by atoms with Crippen molar-refractivity contribution >= 4 is 0 Å². The minimum absolute atomic E-state index is 0.837. The molecule has 0 saturated heterocycles. The third-order valence-corrected chi connectivity index (χ3v) is 4.45. The first-order valence-corrected chi connectivity index (χ1v) is 9.20. The molecule has 1 aromatic heterocycles. The van der Waals surface area contributed by atoms with Crippen LogP contribution in [0.1, 0.15) is 25.3 Å². The molecular weight excluding hydrogens is 322 g/mol. The fourth-order valence-electron chi connectivity index (χ4n) is 3.07. The third kappa shape index (κ3) is 4.52. The summed E-state index contributed by atoms with van der Waals surface area (Å²) in [5.41, 5.74) is 3.58. The van der Waals surface area contributed by atoms with Crippen molar-refractivity contribution in [2.45, 2.75) is 26.3 Å². The summed E-state index contributed by atoms with van der Waals surface area (Å²) in [6, 6.07) is 18.1.